The quantitative estimate of drug-likeness (QED) is 0.428. The highest BCUT2D eigenvalue weighted by atomic mass is 32.1. The zero-order valence-electron chi connectivity index (χ0n) is 19.2. The molecule has 1 aliphatic heterocycles. The van der Waals surface area contributed by atoms with Crippen LogP contribution in [0.1, 0.15) is 56.0 Å². The first kappa shape index (κ1) is 22.0. The lowest BCUT2D eigenvalue weighted by atomic mass is 10.0. The number of imide groups is 1. The molecule has 3 heterocycles. The average molecular weight is 474 g/mol. The number of nitrogens with one attached hydrogen (secondary N) is 1. The third kappa shape index (κ3) is 3.67. The van der Waals surface area contributed by atoms with Gasteiger partial charge in [-0.3, -0.25) is 24.6 Å². The number of rotatable bonds is 5. The zero-order chi connectivity index (χ0) is 24.1. The van der Waals surface area contributed by atoms with Gasteiger partial charge < -0.3 is 0 Å². The van der Waals surface area contributed by atoms with Crippen molar-refractivity contribution in [3.63, 3.8) is 0 Å². The lowest BCUT2D eigenvalue weighted by molar-refractivity contribution is 0.0636. The number of aromatic nitrogens is 3. The Labute approximate surface area is 200 Å². The van der Waals surface area contributed by atoms with Gasteiger partial charge in [0.15, 0.2) is 0 Å². The number of hydrogen-bond donors (Lipinski definition) is 1. The summed E-state index contributed by atoms with van der Waals surface area (Å²) in [5, 5.41) is 9.18. The molecule has 3 amide bonds. The molecule has 0 radical (unpaired) electrons. The third-order valence-corrected chi connectivity index (χ3v) is 6.56. The van der Waals surface area contributed by atoms with E-state index >= 15 is 0 Å². The van der Waals surface area contributed by atoms with Crippen molar-refractivity contribution in [1.82, 2.24) is 19.5 Å². The second-order valence-electron chi connectivity index (χ2n) is 8.90. The van der Waals surface area contributed by atoms with Crippen LogP contribution in [0, 0.1) is 19.8 Å². The van der Waals surface area contributed by atoms with Crippen molar-refractivity contribution in [3.8, 4) is 11.3 Å². The van der Waals surface area contributed by atoms with Crippen molar-refractivity contribution < 1.29 is 14.4 Å². The summed E-state index contributed by atoms with van der Waals surface area (Å²) in [5.41, 5.74) is 5.09. The van der Waals surface area contributed by atoms with Crippen LogP contribution in [0.3, 0.4) is 0 Å². The molecule has 0 unspecified atom stereocenters. The molecule has 4 aromatic rings. The van der Waals surface area contributed by atoms with E-state index in [1.165, 1.54) is 40.0 Å². The minimum Gasteiger partial charge on any atom is -0.289 e. The summed E-state index contributed by atoms with van der Waals surface area (Å²) in [5.74, 6) is -0.819. The predicted octanol–water partition coefficient (Wildman–Crippen LogP) is 4.58. The van der Waals surface area contributed by atoms with E-state index < -0.39 is 5.91 Å². The van der Waals surface area contributed by atoms with Gasteiger partial charge >= 0.3 is 0 Å². The molecule has 172 valence electrons. The third-order valence-electron chi connectivity index (χ3n) is 5.75. The summed E-state index contributed by atoms with van der Waals surface area (Å²) in [6, 6.07) is 10.7. The van der Waals surface area contributed by atoms with Gasteiger partial charge in [0, 0.05) is 23.1 Å². The second-order valence-corrected chi connectivity index (χ2v) is 9.73. The van der Waals surface area contributed by atoms with E-state index in [0.29, 0.717) is 17.1 Å². The summed E-state index contributed by atoms with van der Waals surface area (Å²) < 4.78 is 1.71. The maximum atomic E-state index is 12.9. The molecule has 1 N–H and O–H groups in total. The van der Waals surface area contributed by atoms with Gasteiger partial charge in [-0.15, -0.1) is 16.4 Å². The Bertz CT molecular complexity index is 1480. The molecule has 5 rings (SSSR count). The van der Waals surface area contributed by atoms with Gasteiger partial charge in [0.25, 0.3) is 23.7 Å². The highest BCUT2D eigenvalue weighted by Gasteiger charge is 2.36. The van der Waals surface area contributed by atoms with E-state index in [4.69, 9.17) is 0 Å². The highest BCUT2D eigenvalue weighted by Crippen LogP contribution is 2.29. The molecule has 0 saturated carbocycles. The molecule has 1 aliphatic rings. The van der Waals surface area contributed by atoms with Crippen LogP contribution in [0.15, 0.2) is 41.8 Å². The monoisotopic (exact) mass is 473 g/mol. The van der Waals surface area contributed by atoms with Crippen molar-refractivity contribution in [1.29, 1.82) is 0 Å². The number of benzene rings is 2. The number of nitrogens with zero attached hydrogens (tertiary/aromatic N) is 4. The standard InChI is InChI=1S/C25H23N5O3S/c1-13(2)11-29-22(32)18-8-6-16(10-19(18)23(29)33)21(31)26-24-27-25-30(28-24)20(12-34-25)17-7-5-14(3)9-15(17)4/h5-10,12-13H,11H2,1-4H3,(H,26,28,31). The number of aryl methyl sites for hydroxylation is 2. The summed E-state index contributed by atoms with van der Waals surface area (Å²) in [6.45, 7) is 8.32. The molecule has 0 fully saturated rings. The number of anilines is 1. The lowest BCUT2D eigenvalue weighted by Gasteiger charge is -2.15. The lowest BCUT2D eigenvalue weighted by Crippen LogP contribution is -2.33. The van der Waals surface area contributed by atoms with Gasteiger partial charge in [-0.05, 0) is 43.5 Å². The van der Waals surface area contributed by atoms with Crippen LogP contribution in [0.5, 0.6) is 0 Å². The Hall–Kier alpha value is -3.85. The van der Waals surface area contributed by atoms with Crippen molar-refractivity contribution >= 4 is 40.0 Å². The van der Waals surface area contributed by atoms with Crippen molar-refractivity contribution in [2.45, 2.75) is 27.7 Å². The Morgan fingerprint density at radius 3 is 2.50 bits per heavy atom. The van der Waals surface area contributed by atoms with Gasteiger partial charge in [-0.25, -0.2) is 4.52 Å². The molecular weight excluding hydrogens is 450 g/mol. The van der Waals surface area contributed by atoms with Crippen LogP contribution < -0.4 is 5.32 Å². The van der Waals surface area contributed by atoms with E-state index in [9.17, 15) is 14.4 Å². The average Bonchev–Trinajstić information content (AvgIpc) is 3.42. The highest BCUT2D eigenvalue weighted by molar-refractivity contribution is 7.15. The van der Waals surface area contributed by atoms with Gasteiger partial charge in [0.05, 0.1) is 16.8 Å². The second kappa shape index (κ2) is 8.18. The number of fused-ring (bicyclic) bond motifs is 2. The Morgan fingerprint density at radius 1 is 1.03 bits per heavy atom. The van der Waals surface area contributed by atoms with Crippen molar-refractivity contribution in [2.24, 2.45) is 5.92 Å². The predicted molar refractivity (Wildman–Crippen MR) is 130 cm³/mol. The number of carbonyl (C=O) groups excluding carboxylic acids is 3. The summed E-state index contributed by atoms with van der Waals surface area (Å²) >= 11 is 1.44. The smallest absolute Gasteiger partial charge is 0.261 e. The molecule has 34 heavy (non-hydrogen) atoms. The molecule has 8 nitrogen and oxygen atoms in total. The fraction of sp³-hybridized carbons (Fsp3) is 0.240. The van der Waals surface area contributed by atoms with Crippen LogP contribution in [0.25, 0.3) is 16.2 Å². The van der Waals surface area contributed by atoms with Gasteiger partial charge in [-0.2, -0.15) is 4.98 Å². The fourth-order valence-corrected chi connectivity index (χ4v) is 4.98. The Balaban J connectivity index is 1.40. The number of carbonyl (C=O) groups is 3. The number of thiazole rings is 1. The topological polar surface area (TPSA) is 96.7 Å². The van der Waals surface area contributed by atoms with Crippen LogP contribution >= 0.6 is 11.3 Å². The zero-order valence-corrected chi connectivity index (χ0v) is 20.1. The Morgan fingerprint density at radius 2 is 1.76 bits per heavy atom. The maximum absolute atomic E-state index is 12.9. The molecule has 0 saturated heterocycles. The summed E-state index contributed by atoms with van der Waals surface area (Å²) in [6.07, 6.45) is 0. The molecule has 0 atom stereocenters. The van der Waals surface area contributed by atoms with Crippen molar-refractivity contribution in [3.05, 3.63) is 69.6 Å². The number of hydrogen-bond acceptors (Lipinski definition) is 6. The molecule has 2 aromatic carbocycles. The van der Waals surface area contributed by atoms with Crippen LogP contribution in [-0.4, -0.2) is 43.8 Å². The molecular formula is C25H23N5O3S. The first-order chi connectivity index (χ1) is 16.2. The molecule has 9 heteroatoms. The summed E-state index contributed by atoms with van der Waals surface area (Å²) in [4.78, 5) is 44.5. The molecule has 0 spiro atoms. The number of amides is 3. The molecule has 0 aliphatic carbocycles. The van der Waals surface area contributed by atoms with Crippen molar-refractivity contribution in [2.75, 3.05) is 11.9 Å². The van der Waals surface area contributed by atoms with Crippen LogP contribution in [-0.2, 0) is 0 Å². The van der Waals surface area contributed by atoms with E-state index in [2.05, 4.69) is 27.5 Å². The van der Waals surface area contributed by atoms with E-state index in [1.54, 1.807) is 4.52 Å². The maximum Gasteiger partial charge on any atom is 0.261 e. The van der Waals surface area contributed by atoms with Gasteiger partial charge in [0.2, 0.25) is 4.96 Å². The normalized spacial score (nSPS) is 13.3. The first-order valence-corrected chi connectivity index (χ1v) is 11.8. The SMILES string of the molecule is Cc1ccc(-c2csc3nc(NC(=O)c4ccc5c(c4)C(=O)N(CC(C)C)C5=O)nn23)c(C)c1. The minimum atomic E-state index is -0.448. The van der Waals surface area contributed by atoms with Gasteiger partial charge in [-0.1, -0.05) is 37.6 Å². The fourth-order valence-electron chi connectivity index (χ4n) is 4.16. The largest absolute Gasteiger partial charge is 0.289 e. The Kier molecular flexibility index (Phi) is 5.28. The molecule has 2 aromatic heterocycles. The van der Waals surface area contributed by atoms with Crippen LogP contribution in [0.4, 0.5) is 5.95 Å². The van der Waals surface area contributed by atoms with E-state index in [1.807, 2.05) is 39.1 Å². The van der Waals surface area contributed by atoms with E-state index in [-0.39, 0.29) is 34.8 Å². The van der Waals surface area contributed by atoms with E-state index in [0.717, 1.165) is 16.8 Å². The minimum absolute atomic E-state index is 0.152. The van der Waals surface area contributed by atoms with Crippen LogP contribution in [0.2, 0.25) is 0 Å². The summed E-state index contributed by atoms with van der Waals surface area (Å²) in [7, 11) is 0. The first-order valence-electron chi connectivity index (χ1n) is 11.0. The molecule has 0 bridgehead atoms. The van der Waals surface area contributed by atoms with Gasteiger partial charge in [0.1, 0.15) is 0 Å².